The van der Waals surface area contributed by atoms with E-state index in [2.05, 4.69) is 0 Å². The van der Waals surface area contributed by atoms with Crippen LogP contribution in [0, 0.1) is 21.4 Å². The van der Waals surface area contributed by atoms with Gasteiger partial charge >= 0.3 is 5.88 Å². The summed E-state index contributed by atoms with van der Waals surface area (Å²) < 4.78 is 15.3. The molecule has 0 amide bonds. The van der Waals surface area contributed by atoms with Crippen molar-refractivity contribution in [3.63, 3.8) is 0 Å². The first kappa shape index (κ1) is 15.1. The van der Waals surface area contributed by atoms with Crippen LogP contribution in [-0.2, 0) is 0 Å². The Hall–Kier alpha value is -3.27. The average molecular weight is 300 g/mol. The Balaban J connectivity index is 2.41. The lowest BCUT2D eigenvalue weighted by Gasteiger charge is -2.08. The normalized spacial score (nSPS) is 10.9. The molecule has 0 saturated heterocycles. The molecule has 7 heteroatoms. The fraction of sp³-hybridized carbons (Fsp3) is 0.133. The van der Waals surface area contributed by atoms with Gasteiger partial charge in [-0.15, -0.1) is 0 Å². The lowest BCUT2D eigenvalue weighted by atomic mass is 10.1. The molecule has 2 rings (SSSR count). The quantitative estimate of drug-likeness (QED) is 0.477. The molecule has 22 heavy (non-hydrogen) atoms. The van der Waals surface area contributed by atoms with Crippen LogP contribution in [0.15, 0.2) is 34.7 Å². The number of rotatable bonds is 5. The summed E-state index contributed by atoms with van der Waals surface area (Å²) in [7, 11) is 3.01. The minimum Gasteiger partial charge on any atom is -0.493 e. The van der Waals surface area contributed by atoms with Crippen molar-refractivity contribution in [3.8, 4) is 17.6 Å². The summed E-state index contributed by atoms with van der Waals surface area (Å²) in [5.41, 5.74) is 0.865. The van der Waals surface area contributed by atoms with E-state index in [1.807, 2.05) is 6.07 Å². The molecule has 0 N–H and O–H groups in total. The first-order chi connectivity index (χ1) is 10.6. The molecular formula is C15H12N2O5. The number of hydrogen-bond donors (Lipinski definition) is 0. The Labute approximate surface area is 126 Å². The van der Waals surface area contributed by atoms with E-state index in [9.17, 15) is 15.4 Å². The first-order valence-electron chi connectivity index (χ1n) is 6.17. The third kappa shape index (κ3) is 3.07. The molecule has 7 nitrogen and oxygen atoms in total. The number of furan rings is 1. The Morgan fingerprint density at radius 3 is 2.55 bits per heavy atom. The Kier molecular flexibility index (Phi) is 4.44. The third-order valence-corrected chi connectivity index (χ3v) is 2.89. The zero-order valence-corrected chi connectivity index (χ0v) is 11.9. The summed E-state index contributed by atoms with van der Waals surface area (Å²) in [6.07, 6.45) is 1.42. The van der Waals surface area contributed by atoms with Crippen LogP contribution in [0.1, 0.15) is 11.3 Å². The van der Waals surface area contributed by atoms with E-state index in [0.29, 0.717) is 17.1 Å². The molecule has 0 unspecified atom stereocenters. The zero-order chi connectivity index (χ0) is 16.1. The van der Waals surface area contributed by atoms with Crippen LogP contribution < -0.4 is 9.47 Å². The predicted octanol–water partition coefficient (Wildman–Crippen LogP) is 3.27. The fourth-order valence-electron chi connectivity index (χ4n) is 1.84. The minimum atomic E-state index is -0.639. The van der Waals surface area contributed by atoms with Crippen molar-refractivity contribution in [2.75, 3.05) is 14.2 Å². The van der Waals surface area contributed by atoms with Crippen molar-refractivity contribution in [1.29, 1.82) is 5.26 Å². The van der Waals surface area contributed by atoms with E-state index in [0.717, 1.165) is 0 Å². The molecule has 112 valence electrons. The molecule has 0 saturated carbocycles. The van der Waals surface area contributed by atoms with Gasteiger partial charge in [-0.2, -0.15) is 5.26 Å². The first-order valence-corrected chi connectivity index (χ1v) is 6.17. The smallest absolute Gasteiger partial charge is 0.433 e. The second-order valence-corrected chi connectivity index (χ2v) is 4.17. The van der Waals surface area contributed by atoms with E-state index < -0.39 is 4.92 Å². The summed E-state index contributed by atoms with van der Waals surface area (Å²) in [6.45, 7) is 0. The van der Waals surface area contributed by atoms with Gasteiger partial charge in [-0.3, -0.25) is 10.1 Å². The summed E-state index contributed by atoms with van der Waals surface area (Å²) in [4.78, 5) is 9.95. The number of benzene rings is 1. The Morgan fingerprint density at radius 2 is 2.00 bits per heavy atom. The van der Waals surface area contributed by atoms with Gasteiger partial charge in [0, 0.05) is 0 Å². The highest BCUT2D eigenvalue weighted by molar-refractivity contribution is 5.89. The zero-order valence-electron chi connectivity index (χ0n) is 11.9. The second kappa shape index (κ2) is 6.45. The largest absolute Gasteiger partial charge is 0.493 e. The van der Waals surface area contributed by atoms with Gasteiger partial charge in [-0.05, 0) is 35.9 Å². The highest BCUT2D eigenvalue weighted by Gasteiger charge is 2.12. The maximum absolute atomic E-state index is 10.6. The maximum atomic E-state index is 10.6. The van der Waals surface area contributed by atoms with Gasteiger partial charge in [-0.1, -0.05) is 0 Å². The van der Waals surface area contributed by atoms with Gasteiger partial charge in [-0.25, -0.2) is 0 Å². The Morgan fingerprint density at radius 1 is 1.27 bits per heavy atom. The van der Waals surface area contributed by atoms with Gasteiger partial charge < -0.3 is 13.9 Å². The molecule has 0 bridgehead atoms. The van der Waals surface area contributed by atoms with Crippen LogP contribution >= 0.6 is 0 Å². The summed E-state index contributed by atoms with van der Waals surface area (Å²) in [5.74, 6) is 0.859. The van der Waals surface area contributed by atoms with Crippen molar-refractivity contribution in [2.45, 2.75) is 0 Å². The van der Waals surface area contributed by atoms with Crippen LogP contribution in [-0.4, -0.2) is 19.1 Å². The van der Waals surface area contributed by atoms with Crippen LogP contribution in [0.4, 0.5) is 5.88 Å². The van der Waals surface area contributed by atoms with Crippen molar-refractivity contribution >= 4 is 17.5 Å². The lowest BCUT2D eigenvalue weighted by molar-refractivity contribution is -0.402. The van der Waals surface area contributed by atoms with Gasteiger partial charge in [0.05, 0.1) is 31.9 Å². The van der Waals surface area contributed by atoms with E-state index in [-0.39, 0.29) is 17.2 Å². The van der Waals surface area contributed by atoms with Crippen molar-refractivity contribution in [2.24, 2.45) is 0 Å². The molecule has 0 aliphatic carbocycles. The highest BCUT2D eigenvalue weighted by atomic mass is 16.6. The van der Waals surface area contributed by atoms with Crippen molar-refractivity contribution in [3.05, 3.63) is 51.8 Å². The number of ether oxygens (including phenoxy) is 2. The molecule has 0 spiro atoms. The standard InChI is InChI=1S/C15H12N2O5/c1-20-13-5-3-10(8-14(13)21-2)11(9-16)7-12-4-6-15(22-12)17(18)19/h3-8H,1-2H3/b11-7+. The number of nitrogens with zero attached hydrogens (tertiary/aromatic N) is 2. The number of hydrogen-bond acceptors (Lipinski definition) is 6. The number of allylic oxidation sites excluding steroid dienone is 1. The summed E-state index contributed by atoms with van der Waals surface area (Å²) >= 11 is 0. The van der Waals surface area contributed by atoms with E-state index in [1.165, 1.54) is 32.4 Å². The molecule has 0 fully saturated rings. The molecule has 1 aromatic carbocycles. The summed E-state index contributed by atoms with van der Waals surface area (Å²) in [5, 5.41) is 19.9. The molecule has 1 heterocycles. The fourth-order valence-corrected chi connectivity index (χ4v) is 1.84. The van der Waals surface area contributed by atoms with Crippen LogP contribution in [0.3, 0.4) is 0 Å². The van der Waals surface area contributed by atoms with Gasteiger partial charge in [0.2, 0.25) is 0 Å². The van der Waals surface area contributed by atoms with Crippen LogP contribution in [0.25, 0.3) is 11.6 Å². The van der Waals surface area contributed by atoms with E-state index in [4.69, 9.17) is 13.9 Å². The molecule has 2 aromatic rings. The van der Waals surface area contributed by atoms with Gasteiger partial charge in [0.25, 0.3) is 0 Å². The van der Waals surface area contributed by atoms with Gasteiger partial charge in [0.1, 0.15) is 10.7 Å². The number of nitriles is 1. The monoisotopic (exact) mass is 300 g/mol. The molecule has 0 radical (unpaired) electrons. The number of nitro groups is 1. The van der Waals surface area contributed by atoms with Gasteiger partial charge in [0.15, 0.2) is 11.5 Å². The Bertz CT molecular complexity index is 770. The predicted molar refractivity (Wildman–Crippen MR) is 78.4 cm³/mol. The van der Waals surface area contributed by atoms with E-state index in [1.54, 1.807) is 18.2 Å². The van der Waals surface area contributed by atoms with E-state index >= 15 is 0 Å². The molecule has 1 aromatic heterocycles. The third-order valence-electron chi connectivity index (χ3n) is 2.89. The summed E-state index contributed by atoms with van der Waals surface area (Å²) in [6, 6.07) is 9.69. The molecular weight excluding hydrogens is 288 g/mol. The second-order valence-electron chi connectivity index (χ2n) is 4.17. The average Bonchev–Trinajstić information content (AvgIpc) is 3.00. The number of methoxy groups -OCH3 is 2. The van der Waals surface area contributed by atoms with Crippen LogP contribution in [0.5, 0.6) is 11.5 Å². The van der Waals surface area contributed by atoms with Crippen LogP contribution in [0.2, 0.25) is 0 Å². The SMILES string of the molecule is COc1ccc(/C(C#N)=C/c2ccc([N+](=O)[O-])o2)cc1OC. The maximum Gasteiger partial charge on any atom is 0.433 e. The van der Waals surface area contributed by atoms with Crippen molar-refractivity contribution < 1.29 is 18.8 Å². The lowest BCUT2D eigenvalue weighted by Crippen LogP contribution is -1.92. The molecule has 0 aliphatic rings. The molecule has 0 aliphatic heterocycles. The minimum absolute atomic E-state index is 0.220. The topological polar surface area (TPSA) is 98.5 Å². The molecule has 0 atom stereocenters. The van der Waals surface area contributed by atoms with Crippen molar-refractivity contribution in [1.82, 2.24) is 0 Å². The highest BCUT2D eigenvalue weighted by Crippen LogP contribution is 2.31.